The molecule has 1 radical (unpaired) electrons. The molecule has 0 spiro atoms. The van der Waals surface area contributed by atoms with E-state index in [1.54, 1.807) is 0 Å². The highest BCUT2D eigenvalue weighted by molar-refractivity contribution is 5.24. The molecule has 0 N–H and O–H groups in total. The highest BCUT2D eigenvalue weighted by atomic mass is 19.2. The van der Waals surface area contributed by atoms with Gasteiger partial charge in [-0.2, -0.15) is 5.11 Å². The minimum atomic E-state index is -1.58. The normalized spacial score (nSPS) is 10.0. The van der Waals surface area contributed by atoms with Crippen molar-refractivity contribution in [1.29, 1.82) is 0 Å². The molecular weight excluding hydrogens is 173 g/mol. The van der Waals surface area contributed by atoms with Gasteiger partial charge in [-0.15, -0.1) is 0 Å². The van der Waals surface area contributed by atoms with Gasteiger partial charge in [0.25, 0.3) is 0 Å². The maximum atomic E-state index is 12.4. The summed E-state index contributed by atoms with van der Waals surface area (Å²) in [6, 6.07) is 1.21. The number of ether oxygens (including phenoxy) is 1. The molecule has 0 saturated carbocycles. The van der Waals surface area contributed by atoms with Crippen LogP contribution in [-0.4, -0.2) is 6.79 Å². The Morgan fingerprint density at radius 1 is 1.17 bits per heavy atom. The zero-order chi connectivity index (χ0) is 9.14. The first-order valence-electron chi connectivity index (χ1n) is 3.00. The summed E-state index contributed by atoms with van der Waals surface area (Å²) in [5.74, 6) is -4.65. The van der Waals surface area contributed by atoms with Crippen molar-refractivity contribution >= 4 is 0 Å². The van der Waals surface area contributed by atoms with Gasteiger partial charge in [-0.3, -0.25) is 0 Å². The van der Waals surface area contributed by atoms with Crippen LogP contribution in [0.1, 0.15) is 0 Å². The van der Waals surface area contributed by atoms with Crippen molar-refractivity contribution in [3.8, 4) is 5.75 Å². The van der Waals surface area contributed by atoms with Crippen LogP contribution in [0.2, 0.25) is 0 Å². The van der Waals surface area contributed by atoms with Gasteiger partial charge in [0.1, 0.15) is 5.75 Å². The van der Waals surface area contributed by atoms with Gasteiger partial charge in [0.15, 0.2) is 17.5 Å². The zero-order valence-electron chi connectivity index (χ0n) is 5.81. The molecule has 0 amide bonds. The molecule has 1 rings (SSSR count). The average molecular weight is 177 g/mol. The molecule has 1 aromatic carbocycles. The maximum absolute atomic E-state index is 12.4. The lowest BCUT2D eigenvalue weighted by Gasteiger charge is -2.01. The van der Waals surface area contributed by atoms with E-state index in [0.29, 0.717) is 12.1 Å². The minimum Gasteiger partial charge on any atom is -0.464 e. The number of hydrogen-bond donors (Lipinski definition) is 0. The van der Waals surface area contributed by atoms with Crippen LogP contribution in [0.4, 0.5) is 13.2 Å². The van der Waals surface area contributed by atoms with Gasteiger partial charge in [0.2, 0.25) is 6.79 Å². The molecule has 0 aliphatic rings. The fourth-order valence-electron chi connectivity index (χ4n) is 0.684. The fraction of sp³-hybridized carbons (Fsp3) is 0.143. The third-order valence-electron chi connectivity index (χ3n) is 1.18. The summed E-state index contributed by atoms with van der Waals surface area (Å²) in [5.41, 5.74) is 0. The van der Waals surface area contributed by atoms with Crippen molar-refractivity contribution in [1.82, 2.24) is 0 Å². The summed E-state index contributed by atoms with van der Waals surface area (Å²) in [7, 11) is 0. The smallest absolute Gasteiger partial charge is 0.221 e. The van der Waals surface area contributed by atoms with Crippen molar-refractivity contribution in [2.24, 2.45) is 0 Å². The van der Waals surface area contributed by atoms with E-state index in [2.05, 4.69) is 4.74 Å². The number of halogens is 3. The molecule has 0 heterocycles. The predicted octanol–water partition coefficient (Wildman–Crippen LogP) is 1.87. The zero-order valence-corrected chi connectivity index (χ0v) is 5.81. The van der Waals surface area contributed by atoms with Gasteiger partial charge in [0.05, 0.1) is 0 Å². The first kappa shape index (κ1) is 8.86. The second kappa shape index (κ2) is 3.44. The van der Waals surface area contributed by atoms with Crippen LogP contribution >= 0.6 is 0 Å². The molecule has 65 valence electrons. The summed E-state index contributed by atoms with van der Waals surface area (Å²) in [6.07, 6.45) is 0. The average Bonchev–Trinajstić information content (AvgIpc) is 2.01. The van der Waals surface area contributed by atoms with Gasteiger partial charge in [-0.05, 0) is 0 Å². The van der Waals surface area contributed by atoms with Crippen molar-refractivity contribution in [3.63, 3.8) is 0 Å². The third-order valence-corrected chi connectivity index (χ3v) is 1.18. The molecule has 0 fully saturated rings. The van der Waals surface area contributed by atoms with Crippen molar-refractivity contribution in [2.45, 2.75) is 0 Å². The van der Waals surface area contributed by atoms with Crippen LogP contribution in [0.3, 0.4) is 0 Å². The topological polar surface area (TPSA) is 29.1 Å². The lowest BCUT2D eigenvalue weighted by atomic mass is 10.3. The Bertz CT molecular complexity index is 265. The van der Waals surface area contributed by atoms with E-state index in [1.165, 1.54) is 0 Å². The van der Waals surface area contributed by atoms with Gasteiger partial charge < -0.3 is 4.74 Å². The molecule has 12 heavy (non-hydrogen) atoms. The number of rotatable bonds is 2. The van der Waals surface area contributed by atoms with Crippen LogP contribution < -0.4 is 4.74 Å². The second-order valence-electron chi connectivity index (χ2n) is 1.96. The monoisotopic (exact) mass is 177 g/mol. The maximum Gasteiger partial charge on any atom is 0.221 e. The van der Waals surface area contributed by atoms with Gasteiger partial charge in [0, 0.05) is 12.1 Å². The van der Waals surface area contributed by atoms with E-state index >= 15 is 0 Å². The highest BCUT2D eigenvalue weighted by Gasteiger charge is 2.10. The molecule has 0 aliphatic carbocycles. The largest absolute Gasteiger partial charge is 0.464 e. The molecular formula is C7H4F3O2. The van der Waals surface area contributed by atoms with Gasteiger partial charge in [-0.1, -0.05) is 0 Å². The lowest BCUT2D eigenvalue weighted by Crippen LogP contribution is -1.97. The number of hydrogen-bond acceptors (Lipinski definition) is 1. The Labute approximate surface area is 66.2 Å². The van der Waals surface area contributed by atoms with Gasteiger partial charge in [-0.25, -0.2) is 13.2 Å². The molecule has 0 aliphatic heterocycles. The van der Waals surface area contributed by atoms with Gasteiger partial charge >= 0.3 is 0 Å². The first-order valence-corrected chi connectivity index (χ1v) is 3.00. The van der Waals surface area contributed by atoms with Crippen LogP contribution in [0.15, 0.2) is 12.1 Å². The first-order chi connectivity index (χ1) is 5.65. The molecule has 1 aromatic rings. The summed E-state index contributed by atoms with van der Waals surface area (Å²) >= 11 is 0. The third kappa shape index (κ3) is 1.68. The standard InChI is InChI=1S/C7H4F3O2/c8-5-1-4(12-3-11)2-6(9)7(5)10/h1-2H,3H2. The van der Waals surface area contributed by atoms with Crippen LogP contribution in [0.5, 0.6) is 5.75 Å². The summed E-state index contributed by atoms with van der Waals surface area (Å²) in [5, 5.41) is 9.85. The Kier molecular flexibility index (Phi) is 2.54. The number of benzene rings is 1. The quantitative estimate of drug-likeness (QED) is 0.500. The van der Waals surface area contributed by atoms with Crippen LogP contribution in [0, 0.1) is 17.5 Å². The molecule has 5 heteroatoms. The minimum absolute atomic E-state index is 0.318. The van der Waals surface area contributed by atoms with Crippen LogP contribution in [0.25, 0.3) is 0 Å². The van der Waals surface area contributed by atoms with Crippen molar-refractivity contribution < 1.29 is 23.0 Å². The van der Waals surface area contributed by atoms with E-state index in [0.717, 1.165) is 0 Å². The van der Waals surface area contributed by atoms with E-state index in [9.17, 15) is 18.3 Å². The second-order valence-corrected chi connectivity index (χ2v) is 1.96. The van der Waals surface area contributed by atoms with E-state index in [1.807, 2.05) is 0 Å². The fourth-order valence-corrected chi connectivity index (χ4v) is 0.684. The Balaban J connectivity index is 3.04. The molecule has 0 saturated heterocycles. The predicted molar refractivity (Wildman–Crippen MR) is 32.5 cm³/mol. The highest BCUT2D eigenvalue weighted by Crippen LogP contribution is 2.18. The lowest BCUT2D eigenvalue weighted by molar-refractivity contribution is 0.0370. The molecule has 0 bridgehead atoms. The van der Waals surface area contributed by atoms with Crippen molar-refractivity contribution in [3.05, 3.63) is 29.6 Å². The Morgan fingerprint density at radius 2 is 1.67 bits per heavy atom. The molecule has 2 nitrogen and oxygen atoms in total. The summed E-state index contributed by atoms with van der Waals surface area (Å²) in [6.45, 7) is -0.968. The molecule has 0 aromatic heterocycles. The van der Waals surface area contributed by atoms with Crippen LogP contribution in [-0.2, 0) is 5.11 Å². The summed E-state index contributed by atoms with van der Waals surface area (Å²) < 4.78 is 41.2. The SMILES string of the molecule is [O]COc1cc(F)c(F)c(F)c1. The Hall–Kier alpha value is -1.23. The van der Waals surface area contributed by atoms with E-state index < -0.39 is 24.2 Å². The van der Waals surface area contributed by atoms with Crippen molar-refractivity contribution in [2.75, 3.05) is 6.79 Å². The molecule has 0 unspecified atom stereocenters. The van der Waals surface area contributed by atoms with E-state index in [-0.39, 0.29) is 5.75 Å². The molecule has 0 atom stereocenters. The Morgan fingerprint density at radius 3 is 2.08 bits per heavy atom. The van der Waals surface area contributed by atoms with E-state index in [4.69, 9.17) is 0 Å². The summed E-state index contributed by atoms with van der Waals surface area (Å²) in [4.78, 5) is 0.